The fourth-order valence-corrected chi connectivity index (χ4v) is 8.45. The number of nitrogens with zero attached hydrogens (tertiary/aromatic N) is 5. The zero-order valence-corrected chi connectivity index (χ0v) is 31.8. The highest BCUT2D eigenvalue weighted by molar-refractivity contribution is 6.12. The second-order valence-corrected chi connectivity index (χ2v) is 14.8. The highest BCUT2D eigenvalue weighted by Gasteiger charge is 2.30. The molecule has 11 rings (SSSR count). The zero-order valence-electron chi connectivity index (χ0n) is 31.8. The van der Waals surface area contributed by atoms with Gasteiger partial charge in [0.1, 0.15) is 0 Å². The lowest BCUT2D eigenvalue weighted by atomic mass is 9.97. The second kappa shape index (κ2) is 13.9. The molecule has 8 heteroatoms. The largest absolute Gasteiger partial charge is 0.416 e. The molecule has 0 radical (unpaired) electrons. The van der Waals surface area contributed by atoms with E-state index in [0.29, 0.717) is 34.2 Å². The van der Waals surface area contributed by atoms with Gasteiger partial charge in [0.05, 0.1) is 27.6 Å². The minimum absolute atomic E-state index is 0.397. The first-order valence-corrected chi connectivity index (χ1v) is 19.6. The SMILES string of the molecule is FC(F)(F)c1ccc(-c2ccc(-n3c4ccccc4c4cc(-n5c6ccccc6c6ccccc65)ccc43)cc2-c2nc(-c3ccccc3)nc(-c3ccccc3)n2)cc1. The predicted octanol–water partition coefficient (Wildman–Crippen LogP) is 13.8. The summed E-state index contributed by atoms with van der Waals surface area (Å²) in [5, 5.41) is 4.55. The lowest BCUT2D eigenvalue weighted by Gasteiger charge is -2.16. The van der Waals surface area contributed by atoms with Gasteiger partial charge in [0.2, 0.25) is 0 Å². The van der Waals surface area contributed by atoms with Crippen molar-refractivity contribution >= 4 is 43.6 Å². The number of benzene rings is 8. The smallest absolute Gasteiger partial charge is 0.309 e. The molecule has 5 nitrogen and oxygen atoms in total. The fraction of sp³-hybridized carbons (Fsp3) is 0.0192. The molecule has 3 heterocycles. The van der Waals surface area contributed by atoms with Crippen LogP contribution < -0.4 is 0 Å². The fourth-order valence-electron chi connectivity index (χ4n) is 8.45. The summed E-state index contributed by atoms with van der Waals surface area (Å²) in [6.45, 7) is 0. The van der Waals surface area contributed by atoms with Crippen molar-refractivity contribution in [2.75, 3.05) is 0 Å². The molecule has 8 aromatic carbocycles. The first-order chi connectivity index (χ1) is 29.4. The van der Waals surface area contributed by atoms with Crippen molar-refractivity contribution in [3.8, 4) is 56.7 Å². The Morgan fingerprint density at radius 3 is 1.30 bits per heavy atom. The summed E-state index contributed by atoms with van der Waals surface area (Å²) in [4.78, 5) is 15.0. The zero-order chi connectivity index (χ0) is 40.4. The molecular weight excluding hydrogens is 752 g/mol. The molecule has 60 heavy (non-hydrogen) atoms. The maximum Gasteiger partial charge on any atom is 0.416 e. The van der Waals surface area contributed by atoms with Gasteiger partial charge in [-0.05, 0) is 71.8 Å². The van der Waals surface area contributed by atoms with Gasteiger partial charge in [-0.1, -0.05) is 133 Å². The van der Waals surface area contributed by atoms with E-state index in [0.717, 1.165) is 67.5 Å². The third kappa shape index (κ3) is 5.91. The summed E-state index contributed by atoms with van der Waals surface area (Å²) in [5.74, 6) is 1.37. The molecule has 0 N–H and O–H groups in total. The Morgan fingerprint density at radius 2 is 0.767 bits per heavy atom. The van der Waals surface area contributed by atoms with E-state index < -0.39 is 11.7 Å². The summed E-state index contributed by atoms with van der Waals surface area (Å²) in [7, 11) is 0. The van der Waals surface area contributed by atoms with Crippen molar-refractivity contribution in [2.45, 2.75) is 6.18 Å². The van der Waals surface area contributed by atoms with Gasteiger partial charge in [0, 0.05) is 49.6 Å². The predicted molar refractivity (Wildman–Crippen MR) is 235 cm³/mol. The minimum atomic E-state index is -4.47. The number of fused-ring (bicyclic) bond motifs is 6. The number of aromatic nitrogens is 5. The molecule has 0 atom stereocenters. The number of halogens is 3. The minimum Gasteiger partial charge on any atom is -0.309 e. The van der Waals surface area contributed by atoms with Crippen LogP contribution in [0.5, 0.6) is 0 Å². The number of hydrogen-bond donors (Lipinski definition) is 0. The average molecular weight is 784 g/mol. The Bertz CT molecular complexity index is 3290. The third-order valence-electron chi connectivity index (χ3n) is 11.2. The Kier molecular flexibility index (Phi) is 8.20. The molecule has 286 valence electrons. The van der Waals surface area contributed by atoms with Crippen LogP contribution in [0.2, 0.25) is 0 Å². The third-order valence-corrected chi connectivity index (χ3v) is 11.2. The number of para-hydroxylation sites is 3. The summed E-state index contributed by atoms with van der Waals surface area (Å²) < 4.78 is 45.8. The Morgan fingerprint density at radius 1 is 0.333 bits per heavy atom. The van der Waals surface area contributed by atoms with Crippen LogP contribution in [0.4, 0.5) is 13.2 Å². The lowest BCUT2D eigenvalue weighted by Crippen LogP contribution is -2.04. The molecule has 0 spiro atoms. The lowest BCUT2D eigenvalue weighted by molar-refractivity contribution is -0.137. The molecule has 0 aliphatic heterocycles. The molecule has 0 saturated heterocycles. The summed E-state index contributed by atoms with van der Waals surface area (Å²) >= 11 is 0. The van der Waals surface area contributed by atoms with Crippen molar-refractivity contribution < 1.29 is 13.2 Å². The molecule has 3 aromatic heterocycles. The highest BCUT2D eigenvalue weighted by Crippen LogP contribution is 2.40. The average Bonchev–Trinajstić information content (AvgIpc) is 3.82. The van der Waals surface area contributed by atoms with E-state index in [4.69, 9.17) is 15.0 Å². The van der Waals surface area contributed by atoms with Gasteiger partial charge in [-0.3, -0.25) is 0 Å². The van der Waals surface area contributed by atoms with E-state index in [-0.39, 0.29) is 0 Å². The molecule has 11 aromatic rings. The maximum absolute atomic E-state index is 13.8. The highest BCUT2D eigenvalue weighted by atomic mass is 19.4. The monoisotopic (exact) mass is 783 g/mol. The molecule has 0 amide bonds. The van der Waals surface area contributed by atoms with Crippen LogP contribution in [0, 0.1) is 0 Å². The molecular formula is C52H32F3N5. The van der Waals surface area contributed by atoms with Crippen molar-refractivity contribution in [2.24, 2.45) is 0 Å². The van der Waals surface area contributed by atoms with Gasteiger partial charge in [-0.25, -0.2) is 15.0 Å². The Labute approximate surface area is 342 Å². The van der Waals surface area contributed by atoms with Gasteiger partial charge >= 0.3 is 6.18 Å². The van der Waals surface area contributed by atoms with E-state index in [2.05, 4.69) is 94.1 Å². The second-order valence-electron chi connectivity index (χ2n) is 14.8. The van der Waals surface area contributed by atoms with Crippen LogP contribution in [-0.2, 0) is 6.18 Å². The van der Waals surface area contributed by atoms with Gasteiger partial charge in [0.15, 0.2) is 17.5 Å². The Balaban J connectivity index is 1.15. The number of hydrogen-bond acceptors (Lipinski definition) is 3. The normalized spacial score (nSPS) is 11.9. The van der Waals surface area contributed by atoms with Gasteiger partial charge in [0.25, 0.3) is 0 Å². The van der Waals surface area contributed by atoms with Crippen molar-refractivity contribution in [1.82, 2.24) is 24.1 Å². The standard InChI is InChI=1S/C52H32F3N5/c53-52(54,55)36-25-23-33(24-26-36)39-29-27-37(32-44(39)51-57-49(34-13-3-1-4-14-34)56-50(58-51)35-15-5-2-6-16-35)60-47-22-12-9-19-42(47)43-31-38(28-30-48(43)60)59-45-20-10-7-17-40(45)41-18-8-11-21-46(41)59/h1-32H. The van der Waals surface area contributed by atoms with Crippen molar-refractivity contribution in [1.29, 1.82) is 0 Å². The van der Waals surface area contributed by atoms with Gasteiger partial charge < -0.3 is 9.13 Å². The van der Waals surface area contributed by atoms with Crippen LogP contribution in [0.1, 0.15) is 5.56 Å². The van der Waals surface area contributed by atoms with E-state index in [1.807, 2.05) is 84.9 Å². The first-order valence-electron chi connectivity index (χ1n) is 19.6. The molecule has 0 saturated carbocycles. The van der Waals surface area contributed by atoms with Crippen LogP contribution >= 0.6 is 0 Å². The maximum atomic E-state index is 13.8. The summed E-state index contributed by atoms with van der Waals surface area (Å²) in [5.41, 5.74) is 9.01. The van der Waals surface area contributed by atoms with Gasteiger partial charge in [-0.2, -0.15) is 13.2 Å². The summed E-state index contributed by atoms with van der Waals surface area (Å²) in [6.07, 6.45) is -4.47. The van der Waals surface area contributed by atoms with Crippen molar-refractivity contribution in [3.05, 3.63) is 200 Å². The molecule has 0 bridgehead atoms. The van der Waals surface area contributed by atoms with E-state index in [1.165, 1.54) is 22.9 Å². The summed E-state index contributed by atoms with van der Waals surface area (Å²) in [6, 6.07) is 62.6. The quantitative estimate of drug-likeness (QED) is 0.169. The molecule has 0 aliphatic carbocycles. The van der Waals surface area contributed by atoms with Crippen LogP contribution in [0.25, 0.3) is 100 Å². The number of alkyl halides is 3. The van der Waals surface area contributed by atoms with Crippen LogP contribution in [0.3, 0.4) is 0 Å². The van der Waals surface area contributed by atoms with E-state index in [1.54, 1.807) is 0 Å². The Hall–Kier alpha value is -7.84. The molecule has 0 unspecified atom stereocenters. The van der Waals surface area contributed by atoms with Crippen molar-refractivity contribution in [3.63, 3.8) is 0 Å². The molecule has 0 fully saturated rings. The van der Waals surface area contributed by atoms with Crippen LogP contribution in [0.15, 0.2) is 194 Å². The first kappa shape index (κ1) is 35.3. The molecule has 0 aliphatic rings. The number of rotatable bonds is 6. The van der Waals surface area contributed by atoms with E-state index >= 15 is 0 Å². The van der Waals surface area contributed by atoms with Gasteiger partial charge in [-0.15, -0.1) is 0 Å². The van der Waals surface area contributed by atoms with E-state index in [9.17, 15) is 13.2 Å². The van der Waals surface area contributed by atoms with Crippen LogP contribution in [-0.4, -0.2) is 24.1 Å². The topological polar surface area (TPSA) is 48.5 Å².